The third-order valence-electron chi connectivity index (χ3n) is 4.49. The summed E-state index contributed by atoms with van der Waals surface area (Å²) in [6, 6.07) is 19.8. The molecule has 0 saturated carbocycles. The monoisotopic (exact) mass is 398 g/mol. The number of thiophene rings is 1. The lowest BCUT2D eigenvalue weighted by atomic mass is 10.1. The SMILES string of the molecule is Cc1ccc(NC(=S)N(Cc2ccccc2)[C@@H](C)Cc2cccs2)cc1F. The summed E-state index contributed by atoms with van der Waals surface area (Å²) in [5.41, 5.74) is 2.48. The minimum atomic E-state index is -0.232. The van der Waals surface area contributed by atoms with Gasteiger partial charge in [0.2, 0.25) is 0 Å². The van der Waals surface area contributed by atoms with Crippen molar-refractivity contribution in [3.8, 4) is 0 Å². The number of halogens is 1. The van der Waals surface area contributed by atoms with Crippen LogP contribution in [0, 0.1) is 12.7 Å². The van der Waals surface area contributed by atoms with Crippen LogP contribution < -0.4 is 5.32 Å². The van der Waals surface area contributed by atoms with Gasteiger partial charge in [0, 0.05) is 29.6 Å². The minimum Gasteiger partial charge on any atom is -0.342 e. The third-order valence-corrected chi connectivity index (χ3v) is 5.72. The van der Waals surface area contributed by atoms with Gasteiger partial charge in [-0.2, -0.15) is 0 Å². The van der Waals surface area contributed by atoms with Crippen molar-refractivity contribution in [1.29, 1.82) is 0 Å². The van der Waals surface area contributed by atoms with E-state index in [4.69, 9.17) is 12.2 Å². The molecule has 0 saturated heterocycles. The Balaban J connectivity index is 1.78. The Morgan fingerprint density at radius 3 is 2.59 bits per heavy atom. The average Bonchev–Trinajstić information content (AvgIpc) is 3.16. The molecule has 1 heterocycles. The van der Waals surface area contributed by atoms with Crippen LogP contribution in [-0.4, -0.2) is 16.1 Å². The predicted octanol–water partition coefficient (Wildman–Crippen LogP) is 6.03. The van der Waals surface area contributed by atoms with Crippen molar-refractivity contribution < 1.29 is 4.39 Å². The molecular weight excluding hydrogens is 375 g/mol. The molecule has 2 nitrogen and oxygen atoms in total. The van der Waals surface area contributed by atoms with E-state index >= 15 is 0 Å². The van der Waals surface area contributed by atoms with Gasteiger partial charge >= 0.3 is 0 Å². The summed E-state index contributed by atoms with van der Waals surface area (Å²) in [6.07, 6.45) is 0.911. The quantitative estimate of drug-likeness (QED) is 0.511. The van der Waals surface area contributed by atoms with Crippen molar-refractivity contribution in [2.45, 2.75) is 32.9 Å². The fraction of sp³-hybridized carbons (Fsp3) is 0.227. The van der Waals surface area contributed by atoms with Gasteiger partial charge in [-0.05, 0) is 60.8 Å². The molecule has 1 atom stereocenters. The van der Waals surface area contributed by atoms with E-state index in [-0.39, 0.29) is 11.9 Å². The molecule has 5 heteroatoms. The lowest BCUT2D eigenvalue weighted by Gasteiger charge is -2.32. The molecular formula is C22H23FN2S2. The van der Waals surface area contributed by atoms with Gasteiger partial charge in [-0.25, -0.2) is 4.39 Å². The van der Waals surface area contributed by atoms with E-state index in [2.05, 4.69) is 46.8 Å². The summed E-state index contributed by atoms with van der Waals surface area (Å²) in [5.74, 6) is -0.232. The summed E-state index contributed by atoms with van der Waals surface area (Å²) < 4.78 is 13.9. The van der Waals surface area contributed by atoms with Crippen molar-refractivity contribution in [1.82, 2.24) is 4.90 Å². The van der Waals surface area contributed by atoms with E-state index in [9.17, 15) is 4.39 Å². The molecule has 0 fully saturated rings. The summed E-state index contributed by atoms with van der Waals surface area (Å²) >= 11 is 7.45. The molecule has 0 bridgehead atoms. The Kier molecular flexibility index (Phi) is 6.58. The highest BCUT2D eigenvalue weighted by Crippen LogP contribution is 2.19. The second-order valence-electron chi connectivity index (χ2n) is 6.64. The Labute approximate surface area is 169 Å². The summed E-state index contributed by atoms with van der Waals surface area (Å²) in [4.78, 5) is 3.49. The first-order chi connectivity index (χ1) is 13.0. The number of nitrogens with zero attached hydrogens (tertiary/aromatic N) is 1. The van der Waals surface area contributed by atoms with Crippen LogP contribution >= 0.6 is 23.6 Å². The van der Waals surface area contributed by atoms with Crippen molar-refractivity contribution in [2.24, 2.45) is 0 Å². The number of rotatable bonds is 6. The standard InChI is InChI=1S/C22H23FN2S2/c1-16-10-11-19(14-21(16)23)24-22(26)25(15-18-7-4-3-5-8-18)17(2)13-20-9-6-12-27-20/h3-12,14,17H,13,15H2,1-2H3,(H,24,26)/t17-/m0/s1. The van der Waals surface area contributed by atoms with Crippen molar-refractivity contribution in [3.05, 3.63) is 87.9 Å². The molecule has 0 unspecified atom stereocenters. The zero-order valence-corrected chi connectivity index (χ0v) is 17.1. The van der Waals surface area contributed by atoms with E-state index in [1.165, 1.54) is 16.5 Å². The Hall–Kier alpha value is -2.24. The number of thiocarbonyl (C=S) groups is 1. The summed E-state index contributed by atoms with van der Waals surface area (Å²) in [6.45, 7) is 4.63. The molecule has 0 amide bonds. The van der Waals surface area contributed by atoms with Crippen LogP contribution in [0.1, 0.15) is 22.9 Å². The van der Waals surface area contributed by atoms with Gasteiger partial charge in [0.25, 0.3) is 0 Å². The van der Waals surface area contributed by atoms with Gasteiger partial charge < -0.3 is 10.2 Å². The second kappa shape index (κ2) is 9.11. The van der Waals surface area contributed by atoms with Gasteiger partial charge in [-0.3, -0.25) is 0 Å². The van der Waals surface area contributed by atoms with E-state index in [1.807, 2.05) is 24.3 Å². The van der Waals surface area contributed by atoms with Gasteiger partial charge in [0.05, 0.1) is 0 Å². The third kappa shape index (κ3) is 5.37. The Morgan fingerprint density at radius 2 is 1.93 bits per heavy atom. The fourth-order valence-electron chi connectivity index (χ4n) is 2.90. The van der Waals surface area contributed by atoms with E-state index in [1.54, 1.807) is 24.3 Å². The van der Waals surface area contributed by atoms with Gasteiger partial charge in [-0.1, -0.05) is 42.5 Å². The lowest BCUT2D eigenvalue weighted by Crippen LogP contribution is -2.41. The zero-order chi connectivity index (χ0) is 19.2. The second-order valence-corrected chi connectivity index (χ2v) is 8.06. The maximum absolute atomic E-state index is 13.9. The van der Waals surface area contributed by atoms with Gasteiger partial charge in [0.15, 0.2) is 5.11 Å². The van der Waals surface area contributed by atoms with Crippen LogP contribution in [0.2, 0.25) is 0 Å². The molecule has 140 valence electrons. The maximum atomic E-state index is 13.9. The number of hydrogen-bond donors (Lipinski definition) is 1. The Morgan fingerprint density at radius 1 is 1.15 bits per heavy atom. The minimum absolute atomic E-state index is 0.208. The smallest absolute Gasteiger partial charge is 0.173 e. The van der Waals surface area contributed by atoms with Crippen LogP contribution in [0.15, 0.2) is 66.0 Å². The molecule has 0 spiro atoms. The first-order valence-electron chi connectivity index (χ1n) is 8.93. The number of aryl methyl sites for hydroxylation is 1. The van der Waals surface area contributed by atoms with Crippen LogP contribution in [0.4, 0.5) is 10.1 Å². The van der Waals surface area contributed by atoms with Crippen molar-refractivity contribution in [2.75, 3.05) is 5.32 Å². The highest BCUT2D eigenvalue weighted by Gasteiger charge is 2.19. The summed E-state index contributed by atoms with van der Waals surface area (Å²) in [5, 5.41) is 5.91. The molecule has 0 aliphatic heterocycles. The molecule has 3 aromatic rings. The van der Waals surface area contributed by atoms with Gasteiger partial charge in [-0.15, -0.1) is 11.3 Å². The van der Waals surface area contributed by atoms with Crippen LogP contribution in [0.3, 0.4) is 0 Å². The van der Waals surface area contributed by atoms with E-state index in [0.717, 1.165) is 6.42 Å². The van der Waals surface area contributed by atoms with Crippen molar-refractivity contribution in [3.63, 3.8) is 0 Å². The lowest BCUT2D eigenvalue weighted by molar-refractivity contribution is 0.326. The normalized spacial score (nSPS) is 11.8. The molecule has 2 aromatic carbocycles. The fourth-order valence-corrected chi connectivity index (χ4v) is 4.09. The average molecular weight is 399 g/mol. The van der Waals surface area contributed by atoms with E-state index in [0.29, 0.717) is 22.9 Å². The molecule has 1 aromatic heterocycles. The number of benzene rings is 2. The highest BCUT2D eigenvalue weighted by molar-refractivity contribution is 7.80. The Bertz CT molecular complexity index is 879. The molecule has 27 heavy (non-hydrogen) atoms. The maximum Gasteiger partial charge on any atom is 0.173 e. The number of nitrogens with one attached hydrogen (secondary N) is 1. The zero-order valence-electron chi connectivity index (χ0n) is 15.5. The molecule has 1 N–H and O–H groups in total. The topological polar surface area (TPSA) is 15.3 Å². The molecule has 3 rings (SSSR count). The van der Waals surface area contributed by atoms with Crippen LogP contribution in [0.5, 0.6) is 0 Å². The highest BCUT2D eigenvalue weighted by atomic mass is 32.1. The van der Waals surface area contributed by atoms with Crippen LogP contribution in [0.25, 0.3) is 0 Å². The molecule has 0 radical (unpaired) electrons. The first-order valence-corrected chi connectivity index (χ1v) is 10.2. The molecule has 0 aliphatic carbocycles. The largest absolute Gasteiger partial charge is 0.342 e. The van der Waals surface area contributed by atoms with Gasteiger partial charge in [0.1, 0.15) is 5.82 Å². The first kappa shape index (κ1) is 19.5. The number of hydrogen-bond acceptors (Lipinski definition) is 2. The molecule has 0 aliphatic rings. The van der Waals surface area contributed by atoms with E-state index < -0.39 is 0 Å². The van der Waals surface area contributed by atoms with Crippen LogP contribution in [-0.2, 0) is 13.0 Å². The summed E-state index contributed by atoms with van der Waals surface area (Å²) in [7, 11) is 0. The van der Waals surface area contributed by atoms with Crippen molar-refractivity contribution >= 4 is 34.4 Å². The predicted molar refractivity (Wildman–Crippen MR) is 117 cm³/mol. The number of anilines is 1.